The molecular formula is C11H14N2O4S. The Kier molecular flexibility index (Phi) is 4.99. The van der Waals surface area contributed by atoms with Crippen molar-refractivity contribution < 1.29 is 13.3 Å². The minimum Gasteiger partial charge on any atom is -0.258 e. The van der Waals surface area contributed by atoms with Crippen LogP contribution in [-0.2, 0) is 10.0 Å². The van der Waals surface area contributed by atoms with Gasteiger partial charge < -0.3 is 0 Å². The number of sulfonamides is 1. The van der Waals surface area contributed by atoms with Crippen molar-refractivity contribution in [3.05, 3.63) is 46.5 Å². The molecule has 0 amide bonds. The Labute approximate surface area is 106 Å². The maximum Gasteiger partial charge on any atom is 0.289 e. The summed E-state index contributed by atoms with van der Waals surface area (Å²) in [5.74, 6) is 0. The van der Waals surface area contributed by atoms with Crippen LogP contribution in [0.1, 0.15) is 13.3 Å². The maximum atomic E-state index is 11.9. The molecule has 0 aliphatic heterocycles. The van der Waals surface area contributed by atoms with E-state index < -0.39 is 20.6 Å². The van der Waals surface area contributed by atoms with Crippen molar-refractivity contribution in [2.75, 3.05) is 6.54 Å². The lowest BCUT2D eigenvalue weighted by Gasteiger charge is -2.05. The molecule has 0 spiro atoms. The number of rotatable bonds is 6. The Bertz CT molecular complexity index is 552. The van der Waals surface area contributed by atoms with Gasteiger partial charge in [-0.15, -0.1) is 0 Å². The van der Waals surface area contributed by atoms with Gasteiger partial charge in [-0.05, 0) is 19.4 Å². The summed E-state index contributed by atoms with van der Waals surface area (Å²) in [6.45, 7) is 2.04. The second kappa shape index (κ2) is 6.27. The van der Waals surface area contributed by atoms with Gasteiger partial charge in [0, 0.05) is 12.6 Å². The second-order valence-corrected chi connectivity index (χ2v) is 5.22. The molecule has 0 unspecified atom stereocenters. The number of benzene rings is 1. The number of nitrogens with one attached hydrogen (secondary N) is 1. The first-order valence-corrected chi connectivity index (χ1v) is 6.81. The number of hydrogen-bond acceptors (Lipinski definition) is 4. The molecule has 18 heavy (non-hydrogen) atoms. The van der Waals surface area contributed by atoms with Crippen LogP contribution < -0.4 is 4.72 Å². The minimum atomic E-state index is -3.84. The molecule has 0 bridgehead atoms. The van der Waals surface area contributed by atoms with Gasteiger partial charge in [0.1, 0.15) is 0 Å². The van der Waals surface area contributed by atoms with Gasteiger partial charge in [-0.25, -0.2) is 13.1 Å². The number of nitrogens with zero attached hydrogens (tertiary/aromatic N) is 1. The quantitative estimate of drug-likeness (QED) is 0.369. The molecule has 0 aliphatic carbocycles. The predicted molar refractivity (Wildman–Crippen MR) is 67.7 cm³/mol. The fourth-order valence-corrected chi connectivity index (χ4v) is 2.57. The normalized spacial score (nSPS) is 11.8. The van der Waals surface area contributed by atoms with Crippen molar-refractivity contribution >= 4 is 15.7 Å². The van der Waals surface area contributed by atoms with E-state index in [1.165, 1.54) is 24.3 Å². The van der Waals surface area contributed by atoms with Crippen LogP contribution in [0.5, 0.6) is 0 Å². The first-order chi connectivity index (χ1) is 8.49. The van der Waals surface area contributed by atoms with Gasteiger partial charge in [0.15, 0.2) is 4.90 Å². The van der Waals surface area contributed by atoms with E-state index in [1.807, 2.05) is 13.0 Å². The van der Waals surface area contributed by atoms with Crippen LogP contribution in [0.3, 0.4) is 0 Å². The molecule has 0 radical (unpaired) electrons. The molecule has 0 atom stereocenters. The largest absolute Gasteiger partial charge is 0.289 e. The van der Waals surface area contributed by atoms with Gasteiger partial charge >= 0.3 is 0 Å². The summed E-state index contributed by atoms with van der Waals surface area (Å²) in [7, 11) is -3.84. The molecule has 98 valence electrons. The Hall–Kier alpha value is -1.73. The van der Waals surface area contributed by atoms with E-state index in [0.29, 0.717) is 6.42 Å². The average Bonchev–Trinajstić information content (AvgIpc) is 2.35. The molecule has 1 N–H and O–H groups in total. The predicted octanol–water partition coefficient (Wildman–Crippen LogP) is 1.84. The monoisotopic (exact) mass is 270 g/mol. The first-order valence-electron chi connectivity index (χ1n) is 5.33. The van der Waals surface area contributed by atoms with Crippen LogP contribution in [0, 0.1) is 10.1 Å². The van der Waals surface area contributed by atoms with Crippen LogP contribution in [0.4, 0.5) is 5.69 Å². The van der Waals surface area contributed by atoms with E-state index in [0.717, 1.165) is 0 Å². The van der Waals surface area contributed by atoms with E-state index in [9.17, 15) is 18.5 Å². The molecule has 0 heterocycles. The third-order valence-corrected chi connectivity index (χ3v) is 3.70. The zero-order valence-electron chi connectivity index (χ0n) is 9.87. The van der Waals surface area contributed by atoms with Crippen molar-refractivity contribution in [1.29, 1.82) is 0 Å². The van der Waals surface area contributed by atoms with Gasteiger partial charge in [0.25, 0.3) is 5.69 Å². The van der Waals surface area contributed by atoms with Gasteiger partial charge in [-0.1, -0.05) is 24.3 Å². The fraction of sp³-hybridized carbons (Fsp3) is 0.273. The van der Waals surface area contributed by atoms with Gasteiger partial charge in [-0.2, -0.15) is 0 Å². The zero-order chi connectivity index (χ0) is 13.6. The summed E-state index contributed by atoms with van der Waals surface area (Å²) in [6.07, 6.45) is 4.15. The number of para-hydroxylation sites is 1. The molecule has 0 aliphatic rings. The summed E-state index contributed by atoms with van der Waals surface area (Å²) >= 11 is 0. The van der Waals surface area contributed by atoms with Crippen LogP contribution >= 0.6 is 0 Å². The number of allylic oxidation sites excluding steroid dienone is 1. The SMILES string of the molecule is C/C=C/CCNS(=O)(=O)c1ccccc1[N+](=O)[O-]. The molecule has 0 fully saturated rings. The first kappa shape index (κ1) is 14.3. The third kappa shape index (κ3) is 3.64. The second-order valence-electron chi connectivity index (χ2n) is 3.48. The molecule has 6 nitrogen and oxygen atoms in total. The number of hydrogen-bond donors (Lipinski definition) is 1. The highest BCUT2D eigenvalue weighted by molar-refractivity contribution is 7.89. The Morgan fingerprint density at radius 2 is 2.06 bits per heavy atom. The molecule has 1 aromatic rings. The fourth-order valence-electron chi connectivity index (χ4n) is 1.36. The summed E-state index contributed by atoms with van der Waals surface area (Å²) in [6, 6.07) is 5.26. The van der Waals surface area contributed by atoms with Gasteiger partial charge in [0.2, 0.25) is 10.0 Å². The molecule has 0 saturated heterocycles. The highest BCUT2D eigenvalue weighted by Gasteiger charge is 2.24. The summed E-state index contributed by atoms with van der Waals surface area (Å²) < 4.78 is 26.1. The smallest absolute Gasteiger partial charge is 0.258 e. The zero-order valence-corrected chi connectivity index (χ0v) is 10.7. The Morgan fingerprint density at radius 1 is 1.39 bits per heavy atom. The molecule has 1 aromatic carbocycles. The summed E-state index contributed by atoms with van der Waals surface area (Å²) in [5, 5.41) is 10.7. The van der Waals surface area contributed by atoms with Crippen molar-refractivity contribution in [3.8, 4) is 0 Å². The lowest BCUT2D eigenvalue weighted by atomic mass is 10.3. The Balaban J connectivity index is 2.95. The van der Waals surface area contributed by atoms with Crippen molar-refractivity contribution in [2.45, 2.75) is 18.2 Å². The van der Waals surface area contributed by atoms with E-state index in [4.69, 9.17) is 0 Å². The van der Waals surface area contributed by atoms with Crippen LogP contribution in [0.25, 0.3) is 0 Å². The topological polar surface area (TPSA) is 89.3 Å². The van der Waals surface area contributed by atoms with Crippen molar-refractivity contribution in [2.24, 2.45) is 0 Å². The van der Waals surface area contributed by atoms with E-state index >= 15 is 0 Å². The van der Waals surface area contributed by atoms with Gasteiger partial charge in [-0.3, -0.25) is 10.1 Å². The third-order valence-electron chi connectivity index (χ3n) is 2.19. The maximum absolute atomic E-state index is 11.9. The highest BCUT2D eigenvalue weighted by Crippen LogP contribution is 2.22. The Morgan fingerprint density at radius 3 is 2.67 bits per heavy atom. The highest BCUT2D eigenvalue weighted by atomic mass is 32.2. The summed E-state index contributed by atoms with van der Waals surface area (Å²) in [4.78, 5) is 9.73. The van der Waals surface area contributed by atoms with E-state index in [2.05, 4.69) is 4.72 Å². The van der Waals surface area contributed by atoms with Crippen LogP contribution in [-0.4, -0.2) is 19.9 Å². The number of nitro benzene ring substituents is 1. The van der Waals surface area contributed by atoms with Crippen LogP contribution in [0.2, 0.25) is 0 Å². The molecular weight excluding hydrogens is 256 g/mol. The van der Waals surface area contributed by atoms with Crippen molar-refractivity contribution in [3.63, 3.8) is 0 Å². The lowest BCUT2D eigenvalue weighted by molar-refractivity contribution is -0.387. The van der Waals surface area contributed by atoms with E-state index in [-0.39, 0.29) is 11.4 Å². The van der Waals surface area contributed by atoms with Crippen LogP contribution in [0.15, 0.2) is 41.3 Å². The molecule has 1 rings (SSSR count). The molecule has 7 heteroatoms. The molecule has 0 aromatic heterocycles. The molecule has 0 saturated carbocycles. The minimum absolute atomic E-state index is 0.207. The lowest BCUT2D eigenvalue weighted by Crippen LogP contribution is -2.25. The van der Waals surface area contributed by atoms with Crippen molar-refractivity contribution in [1.82, 2.24) is 4.72 Å². The van der Waals surface area contributed by atoms with Gasteiger partial charge in [0.05, 0.1) is 4.92 Å². The summed E-state index contributed by atoms with van der Waals surface area (Å²) in [5.41, 5.74) is -0.420. The number of nitro groups is 1. The average molecular weight is 270 g/mol. The standard InChI is InChI=1S/C11H14N2O4S/c1-2-3-6-9-12-18(16,17)11-8-5-4-7-10(11)13(14)15/h2-5,7-8,12H,6,9H2,1H3/b3-2+. The van der Waals surface area contributed by atoms with E-state index in [1.54, 1.807) is 6.08 Å².